The minimum absolute atomic E-state index is 0.0688. The van der Waals surface area contributed by atoms with Crippen LogP contribution in [0.4, 0.5) is 0 Å². The molecule has 1 aromatic heterocycles. The molecular weight excluding hydrogens is 322 g/mol. The van der Waals surface area contributed by atoms with E-state index in [4.69, 9.17) is 4.74 Å². The second kappa shape index (κ2) is 6.91. The van der Waals surface area contributed by atoms with Gasteiger partial charge in [0.2, 0.25) is 0 Å². The van der Waals surface area contributed by atoms with Gasteiger partial charge in [0.15, 0.2) is 0 Å². The maximum atomic E-state index is 12.9. The molecule has 2 heterocycles. The Kier molecular flexibility index (Phi) is 4.49. The Morgan fingerprint density at radius 1 is 1.21 bits per heavy atom. The molecular formula is C18H21N3O2S. The molecule has 1 saturated heterocycles. The Labute approximate surface area is 145 Å². The van der Waals surface area contributed by atoms with Crippen molar-refractivity contribution in [2.45, 2.75) is 25.5 Å². The van der Waals surface area contributed by atoms with Crippen molar-refractivity contribution < 1.29 is 9.53 Å². The minimum atomic E-state index is 0.0688. The van der Waals surface area contributed by atoms with Gasteiger partial charge in [-0.25, -0.2) is 4.98 Å². The van der Waals surface area contributed by atoms with Crippen LogP contribution in [0.5, 0.6) is 5.75 Å². The Balaban J connectivity index is 1.42. The van der Waals surface area contributed by atoms with Crippen LogP contribution in [0.1, 0.15) is 28.9 Å². The summed E-state index contributed by atoms with van der Waals surface area (Å²) in [6.45, 7) is 3.96. The number of hydrogen-bond acceptors (Lipinski definition) is 5. The van der Waals surface area contributed by atoms with Gasteiger partial charge >= 0.3 is 0 Å². The quantitative estimate of drug-likeness (QED) is 0.837. The lowest BCUT2D eigenvalue weighted by Crippen LogP contribution is -2.49. The van der Waals surface area contributed by atoms with E-state index in [-0.39, 0.29) is 5.91 Å². The van der Waals surface area contributed by atoms with Crippen molar-refractivity contribution in [2.24, 2.45) is 0 Å². The molecule has 1 aliphatic carbocycles. The van der Waals surface area contributed by atoms with Crippen molar-refractivity contribution in [3.63, 3.8) is 0 Å². The van der Waals surface area contributed by atoms with E-state index in [2.05, 4.69) is 9.88 Å². The number of aromatic nitrogens is 1. The first-order valence-corrected chi connectivity index (χ1v) is 9.38. The van der Waals surface area contributed by atoms with Crippen LogP contribution >= 0.6 is 11.3 Å². The highest BCUT2D eigenvalue weighted by molar-refractivity contribution is 7.07. The number of hydrogen-bond donors (Lipinski definition) is 0. The summed E-state index contributed by atoms with van der Waals surface area (Å²) in [4.78, 5) is 21.6. The number of piperazine rings is 1. The molecule has 2 aromatic rings. The molecule has 2 fully saturated rings. The molecule has 0 N–H and O–H groups in total. The first kappa shape index (κ1) is 15.6. The van der Waals surface area contributed by atoms with E-state index in [0.29, 0.717) is 17.9 Å². The van der Waals surface area contributed by atoms with E-state index in [0.717, 1.165) is 37.9 Å². The molecule has 0 bridgehead atoms. The number of nitrogens with zero attached hydrogens (tertiary/aromatic N) is 3. The minimum Gasteiger partial charge on any atom is -0.486 e. The molecule has 1 amide bonds. The summed E-state index contributed by atoms with van der Waals surface area (Å²) < 4.78 is 5.85. The molecule has 4 rings (SSSR count). The molecule has 0 atom stereocenters. The Bertz CT molecular complexity index is 692. The number of thiazole rings is 1. The SMILES string of the molecule is O=C(c1ccccc1OCc1cscn1)N1CCN(C2CC2)CC1. The molecule has 2 aliphatic rings. The molecule has 0 unspecified atom stereocenters. The molecule has 0 radical (unpaired) electrons. The van der Waals surface area contributed by atoms with Crippen molar-refractivity contribution in [3.05, 3.63) is 46.4 Å². The standard InChI is InChI=1S/C18H21N3O2S/c22-18(21-9-7-20(8-10-21)15-5-6-15)16-3-1-2-4-17(16)23-11-14-12-24-13-19-14/h1-4,12-13,15H,5-11H2. The summed E-state index contributed by atoms with van der Waals surface area (Å²) in [5, 5.41) is 1.96. The van der Waals surface area contributed by atoms with E-state index in [1.165, 1.54) is 12.8 Å². The molecule has 6 heteroatoms. The van der Waals surface area contributed by atoms with Crippen LogP contribution in [0.3, 0.4) is 0 Å². The topological polar surface area (TPSA) is 45.7 Å². The predicted molar refractivity (Wildman–Crippen MR) is 93.4 cm³/mol. The summed E-state index contributed by atoms with van der Waals surface area (Å²) in [6.07, 6.45) is 2.64. The lowest BCUT2D eigenvalue weighted by molar-refractivity contribution is 0.0622. The van der Waals surface area contributed by atoms with Crippen molar-refractivity contribution in [3.8, 4) is 5.75 Å². The van der Waals surface area contributed by atoms with E-state index in [9.17, 15) is 4.79 Å². The molecule has 0 spiro atoms. The summed E-state index contributed by atoms with van der Waals surface area (Å²) in [6, 6.07) is 8.28. The van der Waals surface area contributed by atoms with Crippen LogP contribution in [-0.2, 0) is 6.61 Å². The number of carbonyl (C=O) groups excluding carboxylic acids is 1. The lowest BCUT2D eigenvalue weighted by Gasteiger charge is -2.35. The fourth-order valence-electron chi connectivity index (χ4n) is 3.13. The third-order valence-corrected chi connectivity index (χ3v) is 5.28. The smallest absolute Gasteiger partial charge is 0.257 e. The molecule has 1 saturated carbocycles. The summed E-state index contributed by atoms with van der Waals surface area (Å²) in [5.41, 5.74) is 3.32. The fourth-order valence-corrected chi connectivity index (χ4v) is 3.67. The molecule has 5 nitrogen and oxygen atoms in total. The van der Waals surface area contributed by atoms with Crippen LogP contribution < -0.4 is 4.74 Å². The molecule has 126 valence electrons. The number of benzene rings is 1. The van der Waals surface area contributed by atoms with Gasteiger partial charge in [-0.1, -0.05) is 12.1 Å². The van der Waals surface area contributed by atoms with Gasteiger partial charge in [0.1, 0.15) is 12.4 Å². The average molecular weight is 343 g/mol. The zero-order valence-corrected chi connectivity index (χ0v) is 14.4. The van der Waals surface area contributed by atoms with Crippen molar-refractivity contribution >= 4 is 17.2 Å². The van der Waals surface area contributed by atoms with Gasteiger partial charge in [0, 0.05) is 37.6 Å². The van der Waals surface area contributed by atoms with Crippen molar-refractivity contribution in [1.29, 1.82) is 0 Å². The van der Waals surface area contributed by atoms with Gasteiger partial charge in [-0.2, -0.15) is 0 Å². The number of para-hydroxylation sites is 1. The van der Waals surface area contributed by atoms with Gasteiger partial charge in [-0.3, -0.25) is 9.69 Å². The maximum Gasteiger partial charge on any atom is 0.257 e. The van der Waals surface area contributed by atoms with Gasteiger partial charge in [-0.15, -0.1) is 11.3 Å². The third-order valence-electron chi connectivity index (χ3n) is 4.64. The zero-order chi connectivity index (χ0) is 16.4. The number of amides is 1. The Hall–Kier alpha value is -1.92. The van der Waals surface area contributed by atoms with E-state index in [1.54, 1.807) is 16.8 Å². The first-order valence-electron chi connectivity index (χ1n) is 8.43. The first-order chi connectivity index (χ1) is 11.8. The number of rotatable bonds is 5. The predicted octanol–water partition coefficient (Wildman–Crippen LogP) is 2.64. The van der Waals surface area contributed by atoms with Crippen LogP contribution in [0, 0.1) is 0 Å². The molecule has 24 heavy (non-hydrogen) atoms. The van der Waals surface area contributed by atoms with Crippen LogP contribution in [0.15, 0.2) is 35.2 Å². The normalized spacial score (nSPS) is 18.6. The monoisotopic (exact) mass is 343 g/mol. The van der Waals surface area contributed by atoms with Gasteiger partial charge in [0.05, 0.1) is 16.8 Å². The van der Waals surface area contributed by atoms with Crippen molar-refractivity contribution in [2.75, 3.05) is 26.2 Å². The summed E-state index contributed by atoms with van der Waals surface area (Å²) in [7, 11) is 0. The second-order valence-electron chi connectivity index (χ2n) is 6.32. The second-order valence-corrected chi connectivity index (χ2v) is 7.04. The van der Waals surface area contributed by atoms with Crippen LogP contribution in [-0.4, -0.2) is 52.9 Å². The fraction of sp³-hybridized carbons (Fsp3) is 0.444. The molecule has 1 aliphatic heterocycles. The van der Waals surface area contributed by atoms with Crippen LogP contribution in [0.2, 0.25) is 0 Å². The number of ether oxygens (including phenoxy) is 1. The lowest BCUT2D eigenvalue weighted by atomic mass is 10.1. The summed E-state index contributed by atoms with van der Waals surface area (Å²) >= 11 is 1.54. The van der Waals surface area contributed by atoms with Gasteiger partial charge < -0.3 is 9.64 Å². The summed E-state index contributed by atoms with van der Waals surface area (Å²) in [5.74, 6) is 0.708. The highest BCUT2D eigenvalue weighted by Gasteiger charge is 2.32. The molecule has 1 aromatic carbocycles. The van der Waals surface area contributed by atoms with Gasteiger partial charge in [-0.05, 0) is 25.0 Å². The van der Waals surface area contributed by atoms with E-state index < -0.39 is 0 Å². The van der Waals surface area contributed by atoms with Crippen LogP contribution in [0.25, 0.3) is 0 Å². The Morgan fingerprint density at radius 2 is 2.00 bits per heavy atom. The third kappa shape index (κ3) is 3.44. The van der Waals surface area contributed by atoms with Gasteiger partial charge in [0.25, 0.3) is 5.91 Å². The highest BCUT2D eigenvalue weighted by Crippen LogP contribution is 2.28. The Morgan fingerprint density at radius 3 is 2.71 bits per heavy atom. The maximum absolute atomic E-state index is 12.9. The van der Waals surface area contributed by atoms with Crippen molar-refractivity contribution in [1.82, 2.24) is 14.8 Å². The average Bonchev–Trinajstić information content (AvgIpc) is 3.36. The largest absolute Gasteiger partial charge is 0.486 e. The number of carbonyl (C=O) groups is 1. The zero-order valence-electron chi connectivity index (χ0n) is 13.6. The van der Waals surface area contributed by atoms with E-state index in [1.807, 2.05) is 34.5 Å². The highest BCUT2D eigenvalue weighted by atomic mass is 32.1. The van der Waals surface area contributed by atoms with E-state index >= 15 is 0 Å².